The van der Waals surface area contributed by atoms with Crippen LogP contribution in [0.25, 0.3) is 0 Å². The lowest BCUT2D eigenvalue weighted by atomic mass is 10.0. The topological polar surface area (TPSA) is 66.5 Å². The van der Waals surface area contributed by atoms with Crippen molar-refractivity contribution in [3.63, 3.8) is 0 Å². The van der Waals surface area contributed by atoms with E-state index in [9.17, 15) is 13.2 Å². The Hall–Kier alpha value is -2.18. The first-order chi connectivity index (χ1) is 13.2. The average Bonchev–Trinajstić information content (AvgIpc) is 2.64. The fourth-order valence-electron chi connectivity index (χ4n) is 3.38. The molecule has 0 atom stereocenters. The SMILES string of the molecule is CCN(CC)S(=O)(=O)c1ccc(CCC(=O)Nc2c(C)cc(C)cc2C)cc1. The Balaban J connectivity index is 2.01. The van der Waals surface area contributed by atoms with Gasteiger partial charge in [-0.25, -0.2) is 8.42 Å². The van der Waals surface area contributed by atoms with Gasteiger partial charge >= 0.3 is 0 Å². The first-order valence-corrected chi connectivity index (χ1v) is 11.1. The summed E-state index contributed by atoms with van der Waals surface area (Å²) in [6, 6.07) is 10.9. The number of nitrogens with one attached hydrogen (secondary N) is 1. The predicted octanol–water partition coefficient (Wildman–Crippen LogP) is 4.21. The Kier molecular flexibility index (Phi) is 7.38. The number of aryl methyl sites for hydroxylation is 4. The Morgan fingerprint density at radius 3 is 2.00 bits per heavy atom. The van der Waals surface area contributed by atoms with E-state index in [1.54, 1.807) is 24.3 Å². The quantitative estimate of drug-likeness (QED) is 0.719. The maximum absolute atomic E-state index is 12.5. The van der Waals surface area contributed by atoms with Gasteiger partial charge in [0.25, 0.3) is 0 Å². The van der Waals surface area contributed by atoms with E-state index in [-0.39, 0.29) is 10.8 Å². The molecule has 0 radical (unpaired) electrons. The van der Waals surface area contributed by atoms with Crippen LogP contribution >= 0.6 is 0 Å². The van der Waals surface area contributed by atoms with Crippen molar-refractivity contribution in [2.75, 3.05) is 18.4 Å². The van der Waals surface area contributed by atoms with Crippen molar-refractivity contribution in [1.82, 2.24) is 4.31 Å². The maximum atomic E-state index is 12.5. The van der Waals surface area contributed by atoms with Gasteiger partial charge in [-0.2, -0.15) is 4.31 Å². The first kappa shape index (κ1) is 22.1. The largest absolute Gasteiger partial charge is 0.326 e. The van der Waals surface area contributed by atoms with Crippen LogP contribution in [0.5, 0.6) is 0 Å². The van der Waals surface area contributed by atoms with Gasteiger partial charge in [-0.3, -0.25) is 4.79 Å². The predicted molar refractivity (Wildman–Crippen MR) is 114 cm³/mol. The molecule has 0 aliphatic rings. The van der Waals surface area contributed by atoms with Gasteiger partial charge in [-0.15, -0.1) is 0 Å². The average molecular weight is 403 g/mol. The molecule has 0 heterocycles. The van der Waals surface area contributed by atoms with E-state index in [4.69, 9.17) is 0 Å². The van der Waals surface area contributed by atoms with Crippen molar-refractivity contribution in [2.24, 2.45) is 0 Å². The van der Waals surface area contributed by atoms with Crippen molar-refractivity contribution in [3.8, 4) is 0 Å². The second kappa shape index (κ2) is 9.34. The zero-order valence-electron chi connectivity index (χ0n) is 17.4. The molecular weight excluding hydrogens is 372 g/mol. The third kappa shape index (κ3) is 5.20. The molecule has 5 nitrogen and oxygen atoms in total. The number of carbonyl (C=O) groups excluding carboxylic acids is 1. The third-order valence-corrected chi connectivity index (χ3v) is 6.91. The molecular formula is C22H30N2O3S. The molecule has 0 saturated heterocycles. The normalized spacial score (nSPS) is 11.6. The summed E-state index contributed by atoms with van der Waals surface area (Å²) < 4.78 is 26.5. The first-order valence-electron chi connectivity index (χ1n) is 9.65. The number of sulfonamides is 1. The van der Waals surface area contributed by atoms with Gasteiger partial charge in [0.2, 0.25) is 15.9 Å². The second-order valence-electron chi connectivity index (χ2n) is 7.06. The Morgan fingerprint density at radius 1 is 0.964 bits per heavy atom. The summed E-state index contributed by atoms with van der Waals surface area (Å²) in [7, 11) is -3.45. The van der Waals surface area contributed by atoms with E-state index < -0.39 is 10.0 Å². The molecule has 0 spiro atoms. The second-order valence-corrected chi connectivity index (χ2v) is 8.99. The van der Waals surface area contributed by atoms with E-state index in [1.165, 1.54) is 9.87 Å². The Morgan fingerprint density at radius 2 is 1.50 bits per heavy atom. The van der Waals surface area contributed by atoms with Crippen molar-refractivity contribution in [1.29, 1.82) is 0 Å². The molecule has 0 saturated carbocycles. The third-order valence-electron chi connectivity index (χ3n) is 4.85. The smallest absolute Gasteiger partial charge is 0.243 e. The number of hydrogen-bond donors (Lipinski definition) is 1. The zero-order chi connectivity index (χ0) is 20.9. The molecule has 2 aromatic carbocycles. The molecule has 0 bridgehead atoms. The van der Waals surface area contributed by atoms with Crippen molar-refractivity contribution < 1.29 is 13.2 Å². The minimum absolute atomic E-state index is 0.0464. The van der Waals surface area contributed by atoms with Gasteiger partial charge in [0.1, 0.15) is 0 Å². The molecule has 1 amide bonds. The van der Waals surface area contributed by atoms with E-state index >= 15 is 0 Å². The van der Waals surface area contributed by atoms with E-state index in [2.05, 4.69) is 17.4 Å². The van der Waals surface area contributed by atoms with Crippen molar-refractivity contribution >= 4 is 21.6 Å². The number of benzene rings is 2. The lowest BCUT2D eigenvalue weighted by Gasteiger charge is -2.18. The minimum Gasteiger partial charge on any atom is -0.326 e. The van der Waals surface area contributed by atoms with Crippen LogP contribution < -0.4 is 5.32 Å². The summed E-state index contributed by atoms with van der Waals surface area (Å²) in [4.78, 5) is 12.6. The molecule has 0 unspecified atom stereocenters. The summed E-state index contributed by atoms with van der Waals surface area (Å²) in [6.45, 7) is 10.6. The number of rotatable bonds is 8. The lowest BCUT2D eigenvalue weighted by molar-refractivity contribution is -0.116. The Labute approximate surface area is 168 Å². The fourth-order valence-corrected chi connectivity index (χ4v) is 4.84. The molecule has 152 valence electrons. The van der Waals surface area contributed by atoms with Crippen LogP contribution in [0.3, 0.4) is 0 Å². The highest BCUT2D eigenvalue weighted by Gasteiger charge is 2.21. The van der Waals surface area contributed by atoms with Crippen molar-refractivity contribution in [2.45, 2.75) is 52.4 Å². The lowest BCUT2D eigenvalue weighted by Crippen LogP contribution is -2.30. The molecule has 6 heteroatoms. The number of carbonyl (C=O) groups is 1. The summed E-state index contributed by atoms with van der Waals surface area (Å²) >= 11 is 0. The van der Waals surface area contributed by atoms with Gasteiger partial charge < -0.3 is 5.32 Å². The van der Waals surface area contributed by atoms with E-state index in [0.29, 0.717) is 25.9 Å². The van der Waals surface area contributed by atoms with Gasteiger partial charge in [-0.1, -0.05) is 43.7 Å². The number of anilines is 1. The molecule has 2 rings (SSSR count). The molecule has 1 N–H and O–H groups in total. The highest BCUT2D eigenvalue weighted by Crippen LogP contribution is 2.22. The monoisotopic (exact) mass is 402 g/mol. The van der Waals surface area contributed by atoms with Gasteiger partial charge in [-0.05, 0) is 56.0 Å². The van der Waals surface area contributed by atoms with Crippen LogP contribution in [-0.4, -0.2) is 31.7 Å². The molecule has 0 aromatic heterocycles. The maximum Gasteiger partial charge on any atom is 0.243 e. The molecule has 2 aromatic rings. The summed E-state index contributed by atoms with van der Waals surface area (Å²) in [6.07, 6.45) is 0.899. The molecule has 28 heavy (non-hydrogen) atoms. The molecule has 0 aliphatic carbocycles. The molecule has 0 fully saturated rings. The van der Waals surface area contributed by atoms with Gasteiger partial charge in [0.15, 0.2) is 0 Å². The van der Waals surface area contributed by atoms with E-state index in [1.807, 2.05) is 34.6 Å². The van der Waals surface area contributed by atoms with Crippen LogP contribution in [0.2, 0.25) is 0 Å². The van der Waals surface area contributed by atoms with Crippen LogP contribution in [0.4, 0.5) is 5.69 Å². The fraction of sp³-hybridized carbons (Fsp3) is 0.409. The van der Waals surface area contributed by atoms with E-state index in [0.717, 1.165) is 22.4 Å². The Bertz CT molecular complexity index is 908. The number of nitrogens with zero attached hydrogens (tertiary/aromatic N) is 1. The standard InChI is InChI=1S/C22H30N2O3S/c1-6-24(7-2)28(26,27)20-11-8-19(9-12-20)10-13-21(25)23-22-17(4)14-16(3)15-18(22)5/h8-9,11-12,14-15H,6-7,10,13H2,1-5H3,(H,23,25). The van der Waals surface area contributed by atoms with Crippen LogP contribution in [0.15, 0.2) is 41.3 Å². The zero-order valence-corrected chi connectivity index (χ0v) is 18.2. The van der Waals surface area contributed by atoms with Gasteiger partial charge in [0, 0.05) is 25.2 Å². The summed E-state index contributed by atoms with van der Waals surface area (Å²) in [5.41, 5.74) is 5.09. The van der Waals surface area contributed by atoms with Gasteiger partial charge in [0.05, 0.1) is 4.90 Å². The van der Waals surface area contributed by atoms with Crippen LogP contribution in [0.1, 0.15) is 42.5 Å². The summed E-state index contributed by atoms with van der Waals surface area (Å²) in [5.74, 6) is -0.0464. The highest BCUT2D eigenvalue weighted by molar-refractivity contribution is 7.89. The van der Waals surface area contributed by atoms with Crippen molar-refractivity contribution in [3.05, 3.63) is 58.7 Å². The number of hydrogen-bond acceptors (Lipinski definition) is 3. The van der Waals surface area contributed by atoms with Crippen LogP contribution in [0, 0.1) is 20.8 Å². The van der Waals surface area contributed by atoms with Crippen LogP contribution in [-0.2, 0) is 21.2 Å². The molecule has 0 aliphatic heterocycles. The summed E-state index contributed by atoms with van der Waals surface area (Å²) in [5, 5.41) is 3.00. The number of amides is 1. The minimum atomic E-state index is -3.45. The highest BCUT2D eigenvalue weighted by atomic mass is 32.2.